The van der Waals surface area contributed by atoms with Gasteiger partial charge in [0, 0.05) is 6.54 Å². The van der Waals surface area contributed by atoms with Crippen LogP contribution in [0.1, 0.15) is 12.8 Å². The Morgan fingerprint density at radius 1 is 1.26 bits per heavy atom. The molecule has 0 bridgehead atoms. The molecule has 0 aliphatic heterocycles. The van der Waals surface area contributed by atoms with Crippen molar-refractivity contribution in [1.29, 1.82) is 5.41 Å². The second kappa shape index (κ2) is 9.83. The highest BCUT2D eigenvalue weighted by molar-refractivity contribution is 5.87. The zero-order chi connectivity index (χ0) is 14.7. The summed E-state index contributed by atoms with van der Waals surface area (Å²) in [6.45, 7) is 0.00332. The summed E-state index contributed by atoms with van der Waals surface area (Å²) in [6.07, 6.45) is 2.47. The fraction of sp³-hybridized carbons (Fsp3) is 0.600. The molecule has 0 heterocycles. The van der Waals surface area contributed by atoms with E-state index in [0.29, 0.717) is 19.4 Å². The van der Waals surface area contributed by atoms with Crippen molar-refractivity contribution >= 4 is 24.1 Å². The standard InChI is InChI=1S/C10H19N6O3/c11-7(2-1-3-15-10(12)13)9(19)16-6-8(18)14-4-5-17/h7H,1-4,6,11H2,(H,14,18)(H,16,19)(H4,12,13,15)/t7-/m1/s1. The van der Waals surface area contributed by atoms with Gasteiger partial charge in [0.15, 0.2) is 5.96 Å². The first kappa shape index (κ1) is 16.8. The van der Waals surface area contributed by atoms with Gasteiger partial charge in [0.25, 0.3) is 0 Å². The van der Waals surface area contributed by atoms with Crippen LogP contribution in [0.25, 0.3) is 0 Å². The predicted octanol–water partition coefficient (Wildman–Crippen LogP) is -3.08. The summed E-state index contributed by atoms with van der Waals surface area (Å²) in [6, 6.07) is -0.737. The number of hydrogen-bond acceptors (Lipinski definition) is 5. The van der Waals surface area contributed by atoms with Gasteiger partial charge in [0.05, 0.1) is 19.1 Å². The average Bonchev–Trinajstić information content (AvgIpc) is 2.37. The predicted molar refractivity (Wildman–Crippen MR) is 68.8 cm³/mol. The molecule has 1 radical (unpaired) electrons. The Morgan fingerprint density at radius 3 is 2.53 bits per heavy atom. The Balaban J connectivity index is 3.72. The monoisotopic (exact) mass is 271 g/mol. The molecular weight excluding hydrogens is 252 g/mol. The smallest absolute Gasteiger partial charge is 0.239 e. The van der Waals surface area contributed by atoms with Gasteiger partial charge in [-0.25, -0.2) is 0 Å². The Morgan fingerprint density at radius 2 is 1.95 bits per heavy atom. The molecule has 0 aromatic heterocycles. The second-order valence-electron chi connectivity index (χ2n) is 3.73. The van der Waals surface area contributed by atoms with E-state index >= 15 is 0 Å². The number of carbonyl (C=O) groups excluding carboxylic acids is 3. The number of nitrogens with one attached hydrogen (secondary N) is 4. The Labute approximate surface area is 111 Å². The summed E-state index contributed by atoms with van der Waals surface area (Å²) in [4.78, 5) is 32.4. The van der Waals surface area contributed by atoms with E-state index in [-0.39, 0.29) is 19.0 Å². The maximum atomic E-state index is 11.5. The summed E-state index contributed by atoms with van der Waals surface area (Å²) in [5.74, 6) is -1.07. The van der Waals surface area contributed by atoms with E-state index in [1.165, 1.54) is 6.29 Å². The zero-order valence-corrected chi connectivity index (χ0v) is 10.5. The highest BCUT2D eigenvalue weighted by atomic mass is 16.2. The van der Waals surface area contributed by atoms with E-state index in [9.17, 15) is 14.4 Å². The van der Waals surface area contributed by atoms with Crippen molar-refractivity contribution in [2.45, 2.75) is 18.9 Å². The number of amides is 2. The Bertz CT molecular complexity index is 333. The average molecular weight is 271 g/mol. The van der Waals surface area contributed by atoms with E-state index < -0.39 is 17.9 Å². The van der Waals surface area contributed by atoms with Crippen molar-refractivity contribution in [1.82, 2.24) is 16.0 Å². The molecule has 0 unspecified atom stereocenters. The largest absolute Gasteiger partial charge is 0.370 e. The van der Waals surface area contributed by atoms with Crippen LogP contribution >= 0.6 is 0 Å². The topological polar surface area (TPSA) is 163 Å². The number of hydrogen-bond donors (Lipinski definition) is 6. The molecule has 9 nitrogen and oxygen atoms in total. The van der Waals surface area contributed by atoms with Crippen molar-refractivity contribution in [2.75, 3.05) is 19.6 Å². The summed E-state index contributed by atoms with van der Waals surface area (Å²) in [5, 5.41) is 14.1. The van der Waals surface area contributed by atoms with Crippen LogP contribution in [0.2, 0.25) is 0 Å². The van der Waals surface area contributed by atoms with Crippen LogP contribution in [0, 0.1) is 5.41 Å². The summed E-state index contributed by atoms with van der Waals surface area (Å²) < 4.78 is 0. The second-order valence-corrected chi connectivity index (χ2v) is 3.73. The highest BCUT2D eigenvalue weighted by Crippen LogP contribution is 1.93. The molecule has 19 heavy (non-hydrogen) atoms. The molecule has 107 valence electrons. The molecule has 0 fully saturated rings. The maximum absolute atomic E-state index is 11.5. The lowest BCUT2D eigenvalue weighted by Crippen LogP contribution is -2.45. The van der Waals surface area contributed by atoms with Gasteiger partial charge in [0.1, 0.15) is 0 Å². The van der Waals surface area contributed by atoms with Crippen molar-refractivity contribution in [3.8, 4) is 0 Å². The molecule has 0 aromatic rings. The van der Waals surface area contributed by atoms with Crippen molar-refractivity contribution in [3.63, 3.8) is 0 Å². The minimum absolute atomic E-state index is 0.137. The van der Waals surface area contributed by atoms with Gasteiger partial charge in [-0.3, -0.25) is 19.8 Å². The molecule has 1 atom stereocenters. The molecule has 0 spiro atoms. The maximum Gasteiger partial charge on any atom is 0.239 e. The van der Waals surface area contributed by atoms with Crippen LogP contribution in [0.4, 0.5) is 0 Å². The van der Waals surface area contributed by atoms with Gasteiger partial charge in [-0.15, -0.1) is 0 Å². The lowest BCUT2D eigenvalue weighted by Gasteiger charge is -2.12. The third kappa shape index (κ3) is 9.53. The van der Waals surface area contributed by atoms with Crippen molar-refractivity contribution in [2.24, 2.45) is 11.5 Å². The molecule has 9 heteroatoms. The summed E-state index contributed by atoms with van der Waals surface area (Å²) in [5.41, 5.74) is 10.7. The summed E-state index contributed by atoms with van der Waals surface area (Å²) >= 11 is 0. The number of guanidine groups is 1. The minimum atomic E-state index is -0.737. The van der Waals surface area contributed by atoms with Crippen molar-refractivity contribution in [3.05, 3.63) is 0 Å². The van der Waals surface area contributed by atoms with Gasteiger partial charge in [-0.2, -0.15) is 0 Å². The minimum Gasteiger partial charge on any atom is -0.370 e. The van der Waals surface area contributed by atoms with Gasteiger partial charge in [0.2, 0.25) is 18.1 Å². The third-order valence-corrected chi connectivity index (χ3v) is 2.13. The molecule has 0 saturated carbocycles. The molecule has 0 saturated heterocycles. The lowest BCUT2D eigenvalue weighted by atomic mass is 10.1. The molecule has 0 aliphatic rings. The normalized spacial score (nSPS) is 11.2. The van der Waals surface area contributed by atoms with Crippen molar-refractivity contribution < 1.29 is 14.4 Å². The number of nitrogens with two attached hydrogens (primary N) is 2. The third-order valence-electron chi connectivity index (χ3n) is 2.13. The molecule has 2 amide bonds. The molecule has 0 rings (SSSR count). The fourth-order valence-corrected chi connectivity index (χ4v) is 1.17. The Hall–Kier alpha value is -2.16. The van der Waals surface area contributed by atoms with Crippen LogP contribution in [0.3, 0.4) is 0 Å². The first-order valence-electron chi connectivity index (χ1n) is 5.70. The van der Waals surface area contributed by atoms with E-state index in [4.69, 9.17) is 16.9 Å². The van der Waals surface area contributed by atoms with Gasteiger partial charge >= 0.3 is 0 Å². The van der Waals surface area contributed by atoms with Crippen LogP contribution in [-0.4, -0.2) is 49.7 Å². The van der Waals surface area contributed by atoms with Gasteiger partial charge in [-0.05, 0) is 12.8 Å². The molecule has 0 aliphatic carbocycles. The zero-order valence-electron chi connectivity index (χ0n) is 10.5. The number of carbonyl (C=O) groups is 2. The first-order chi connectivity index (χ1) is 8.97. The van der Waals surface area contributed by atoms with Gasteiger partial charge < -0.3 is 27.4 Å². The quantitative estimate of drug-likeness (QED) is 0.148. The van der Waals surface area contributed by atoms with Crippen LogP contribution in [0.15, 0.2) is 0 Å². The lowest BCUT2D eigenvalue weighted by molar-refractivity contribution is -0.126. The van der Waals surface area contributed by atoms with Crippen LogP contribution in [-0.2, 0) is 14.4 Å². The van der Waals surface area contributed by atoms with E-state index in [2.05, 4.69) is 16.0 Å². The molecule has 8 N–H and O–H groups in total. The highest BCUT2D eigenvalue weighted by Gasteiger charge is 2.13. The SMILES string of the molecule is N=C(N)NCCC[C@@H](N)C(=O)NCC(=O)NC[C]=O. The van der Waals surface area contributed by atoms with Gasteiger partial charge in [-0.1, -0.05) is 0 Å². The summed E-state index contributed by atoms with van der Waals surface area (Å²) in [7, 11) is 0. The van der Waals surface area contributed by atoms with Crippen LogP contribution in [0.5, 0.6) is 0 Å². The van der Waals surface area contributed by atoms with Crippen LogP contribution < -0.4 is 27.4 Å². The number of rotatable bonds is 9. The Kier molecular flexibility index (Phi) is 8.71. The van der Waals surface area contributed by atoms with E-state index in [0.717, 1.165) is 0 Å². The molecule has 0 aromatic carbocycles. The molecular formula is C10H19N6O3. The van der Waals surface area contributed by atoms with E-state index in [1.54, 1.807) is 0 Å². The first-order valence-corrected chi connectivity index (χ1v) is 5.70. The fourth-order valence-electron chi connectivity index (χ4n) is 1.17. The van der Waals surface area contributed by atoms with E-state index in [1.807, 2.05) is 0 Å².